The van der Waals surface area contributed by atoms with E-state index >= 15 is 0 Å². The fraction of sp³-hybridized carbons (Fsp3) is 0.438. The smallest absolute Gasteiger partial charge is 0.223 e. The molecule has 1 N–H and O–H groups in total. The Hall–Kier alpha value is -3.94. The van der Waals surface area contributed by atoms with Crippen LogP contribution >= 0.6 is 0 Å². The molecule has 2 aliphatic heterocycles. The Labute approximate surface area is 236 Å². The van der Waals surface area contributed by atoms with Crippen molar-refractivity contribution in [3.8, 4) is 5.69 Å². The summed E-state index contributed by atoms with van der Waals surface area (Å²) in [4.78, 5) is 17.7. The predicted molar refractivity (Wildman–Crippen MR) is 160 cm³/mol. The van der Waals surface area contributed by atoms with E-state index in [0.717, 1.165) is 92.2 Å². The number of benzene rings is 2. The maximum absolute atomic E-state index is 13.0. The van der Waals surface area contributed by atoms with Gasteiger partial charge in [-0.3, -0.25) is 4.79 Å². The highest BCUT2D eigenvalue weighted by Crippen LogP contribution is 2.32. The third kappa shape index (κ3) is 5.15. The molecule has 0 aliphatic carbocycles. The topological polar surface area (TPSA) is 79.2 Å². The summed E-state index contributed by atoms with van der Waals surface area (Å²) in [6, 6.07) is 17.1. The molecular formula is C32H39N7O. The molecule has 2 aromatic heterocycles. The van der Waals surface area contributed by atoms with Crippen molar-refractivity contribution in [2.45, 2.75) is 52.9 Å². The van der Waals surface area contributed by atoms with Gasteiger partial charge < -0.3 is 15.1 Å². The minimum absolute atomic E-state index is 0.0349. The number of fused-ring (bicyclic) bond motifs is 2. The molecule has 0 radical (unpaired) electrons. The van der Waals surface area contributed by atoms with Crippen LogP contribution in [0.4, 0.5) is 11.5 Å². The molecular weight excluding hydrogens is 498 g/mol. The van der Waals surface area contributed by atoms with E-state index in [2.05, 4.69) is 87.7 Å². The Morgan fingerprint density at radius 2 is 1.75 bits per heavy atom. The average Bonchev–Trinajstić information content (AvgIpc) is 3.33. The predicted octanol–water partition coefficient (Wildman–Crippen LogP) is 4.92. The van der Waals surface area contributed by atoms with Gasteiger partial charge in [-0.25, -0.2) is 4.68 Å². The fourth-order valence-corrected chi connectivity index (χ4v) is 6.29. The van der Waals surface area contributed by atoms with Crippen molar-refractivity contribution >= 4 is 28.3 Å². The van der Waals surface area contributed by atoms with Gasteiger partial charge in [0.2, 0.25) is 5.91 Å². The number of nitrogens with one attached hydrogen (secondary N) is 1. The monoisotopic (exact) mass is 537 g/mol. The number of aromatic nitrogens is 4. The van der Waals surface area contributed by atoms with Gasteiger partial charge in [-0.05, 0) is 76.6 Å². The van der Waals surface area contributed by atoms with E-state index in [9.17, 15) is 4.79 Å². The zero-order chi connectivity index (χ0) is 27.6. The largest absolute Gasteiger partial charge is 0.371 e. The van der Waals surface area contributed by atoms with Gasteiger partial charge in [0.15, 0.2) is 5.82 Å². The molecule has 1 amide bonds. The normalized spacial score (nSPS) is 15.9. The highest BCUT2D eigenvalue weighted by molar-refractivity contribution is 5.92. The quantitative estimate of drug-likeness (QED) is 0.337. The lowest BCUT2D eigenvalue weighted by molar-refractivity contribution is -0.125. The van der Waals surface area contributed by atoms with Crippen LogP contribution in [0.3, 0.4) is 0 Å². The number of para-hydroxylation sites is 1. The van der Waals surface area contributed by atoms with Crippen molar-refractivity contribution in [1.29, 1.82) is 0 Å². The SMILES string of the molecule is Cc1ccc(-n2nc3c(N4CCC(C(=O)NCCCN5CCCc6ccccc65)CC4)nnc(C)c3c2C)cc1. The highest BCUT2D eigenvalue weighted by Gasteiger charge is 2.28. The maximum Gasteiger partial charge on any atom is 0.223 e. The van der Waals surface area contributed by atoms with Crippen LogP contribution in [0.1, 0.15) is 48.2 Å². The van der Waals surface area contributed by atoms with Gasteiger partial charge in [-0.1, -0.05) is 35.9 Å². The summed E-state index contributed by atoms with van der Waals surface area (Å²) in [6.45, 7) is 10.5. The second-order valence-electron chi connectivity index (χ2n) is 11.3. The molecule has 8 heteroatoms. The minimum Gasteiger partial charge on any atom is -0.371 e. The average molecular weight is 538 g/mol. The summed E-state index contributed by atoms with van der Waals surface area (Å²) in [7, 11) is 0. The highest BCUT2D eigenvalue weighted by atomic mass is 16.1. The van der Waals surface area contributed by atoms with E-state index < -0.39 is 0 Å². The summed E-state index contributed by atoms with van der Waals surface area (Å²) < 4.78 is 1.99. The standard InChI is InChI=1S/C32H39N7O/c1-22-11-13-27(14-12-22)39-24(3)29-23(2)34-35-31(30(29)36-39)38-20-15-26(16-21-38)32(40)33-17-7-19-37-18-6-9-25-8-4-5-10-28(25)37/h4-5,8,10-14,26H,6-7,9,15-21H2,1-3H3,(H,33,40). The van der Waals surface area contributed by atoms with Crippen LogP contribution in [0.25, 0.3) is 16.6 Å². The first kappa shape index (κ1) is 26.3. The van der Waals surface area contributed by atoms with Crippen molar-refractivity contribution in [2.24, 2.45) is 5.92 Å². The van der Waals surface area contributed by atoms with Crippen LogP contribution in [-0.4, -0.2) is 58.6 Å². The number of piperidine rings is 1. The second-order valence-corrected chi connectivity index (χ2v) is 11.3. The van der Waals surface area contributed by atoms with Gasteiger partial charge in [-0.2, -0.15) is 10.2 Å². The summed E-state index contributed by atoms with van der Waals surface area (Å²) in [5.74, 6) is 1.03. The number of nitrogens with zero attached hydrogens (tertiary/aromatic N) is 6. The van der Waals surface area contributed by atoms with E-state index in [1.165, 1.54) is 23.2 Å². The van der Waals surface area contributed by atoms with Crippen molar-refractivity contribution in [3.63, 3.8) is 0 Å². The fourth-order valence-electron chi connectivity index (χ4n) is 6.29. The summed E-state index contributed by atoms with van der Waals surface area (Å²) >= 11 is 0. The van der Waals surface area contributed by atoms with Crippen LogP contribution in [-0.2, 0) is 11.2 Å². The van der Waals surface area contributed by atoms with Crippen molar-refractivity contribution in [3.05, 3.63) is 71.0 Å². The van der Waals surface area contributed by atoms with E-state index in [4.69, 9.17) is 5.10 Å². The minimum atomic E-state index is 0.0349. The van der Waals surface area contributed by atoms with E-state index in [1.807, 2.05) is 11.6 Å². The summed E-state index contributed by atoms with van der Waals surface area (Å²) in [5, 5.41) is 18.3. The molecule has 40 heavy (non-hydrogen) atoms. The Balaban J connectivity index is 1.06. The Kier molecular flexibility index (Phi) is 7.41. The van der Waals surface area contributed by atoms with Gasteiger partial charge in [0.25, 0.3) is 0 Å². The summed E-state index contributed by atoms with van der Waals surface area (Å²) in [5.41, 5.74) is 7.89. The number of aryl methyl sites for hydroxylation is 4. The first-order valence-corrected chi connectivity index (χ1v) is 14.6. The first-order chi connectivity index (χ1) is 19.5. The molecule has 0 unspecified atom stereocenters. The van der Waals surface area contributed by atoms with Crippen LogP contribution in [0.2, 0.25) is 0 Å². The van der Waals surface area contributed by atoms with Gasteiger partial charge in [0.05, 0.1) is 22.5 Å². The van der Waals surface area contributed by atoms with Crippen molar-refractivity contribution in [2.75, 3.05) is 42.5 Å². The Morgan fingerprint density at radius 3 is 2.55 bits per heavy atom. The second kappa shape index (κ2) is 11.3. The van der Waals surface area contributed by atoms with Gasteiger partial charge in [0, 0.05) is 44.3 Å². The molecule has 0 bridgehead atoms. The third-order valence-electron chi connectivity index (χ3n) is 8.54. The zero-order valence-electron chi connectivity index (χ0n) is 23.9. The lowest BCUT2D eigenvalue weighted by Crippen LogP contribution is -2.41. The lowest BCUT2D eigenvalue weighted by atomic mass is 9.95. The van der Waals surface area contributed by atoms with Gasteiger partial charge in [-0.15, -0.1) is 5.10 Å². The first-order valence-electron chi connectivity index (χ1n) is 14.6. The molecule has 208 valence electrons. The van der Waals surface area contributed by atoms with Crippen LogP contribution in [0.5, 0.6) is 0 Å². The number of carbonyl (C=O) groups is 1. The van der Waals surface area contributed by atoms with E-state index in [0.29, 0.717) is 0 Å². The molecule has 0 spiro atoms. The van der Waals surface area contributed by atoms with Gasteiger partial charge in [0.1, 0.15) is 5.52 Å². The number of carbonyl (C=O) groups excluding carboxylic acids is 1. The van der Waals surface area contributed by atoms with Crippen LogP contribution < -0.4 is 15.1 Å². The number of anilines is 2. The van der Waals surface area contributed by atoms with Crippen molar-refractivity contribution in [1.82, 2.24) is 25.3 Å². The molecule has 2 aromatic carbocycles. The maximum atomic E-state index is 13.0. The van der Waals surface area contributed by atoms with Crippen LogP contribution in [0.15, 0.2) is 48.5 Å². The molecule has 0 saturated carbocycles. The number of hydrogen-bond acceptors (Lipinski definition) is 6. The molecule has 4 aromatic rings. The number of hydrogen-bond donors (Lipinski definition) is 1. The van der Waals surface area contributed by atoms with E-state index in [-0.39, 0.29) is 11.8 Å². The molecule has 6 rings (SSSR count). The van der Waals surface area contributed by atoms with Gasteiger partial charge >= 0.3 is 0 Å². The molecule has 2 aliphatic rings. The molecule has 1 fully saturated rings. The number of amides is 1. The zero-order valence-corrected chi connectivity index (χ0v) is 23.9. The summed E-state index contributed by atoms with van der Waals surface area (Å²) in [6.07, 6.45) is 4.93. The number of rotatable bonds is 7. The molecule has 1 saturated heterocycles. The molecule has 4 heterocycles. The Bertz CT molecular complexity index is 1500. The third-order valence-corrected chi connectivity index (χ3v) is 8.54. The Morgan fingerprint density at radius 1 is 0.975 bits per heavy atom. The lowest BCUT2D eigenvalue weighted by Gasteiger charge is -2.32. The molecule has 8 nitrogen and oxygen atoms in total. The molecule has 0 atom stereocenters. The van der Waals surface area contributed by atoms with E-state index in [1.54, 1.807) is 0 Å². The van der Waals surface area contributed by atoms with Crippen LogP contribution in [0, 0.1) is 26.7 Å². The van der Waals surface area contributed by atoms with Crippen molar-refractivity contribution < 1.29 is 4.79 Å².